The van der Waals surface area contributed by atoms with Gasteiger partial charge in [0.15, 0.2) is 5.11 Å². The highest BCUT2D eigenvalue weighted by Crippen LogP contribution is 2.21. The van der Waals surface area contributed by atoms with Gasteiger partial charge in [0.2, 0.25) is 5.95 Å². The van der Waals surface area contributed by atoms with Crippen LogP contribution in [0.1, 0.15) is 12.5 Å². The van der Waals surface area contributed by atoms with E-state index in [0.717, 1.165) is 28.0 Å². The van der Waals surface area contributed by atoms with E-state index in [2.05, 4.69) is 20.8 Å². The van der Waals surface area contributed by atoms with Crippen LogP contribution in [-0.4, -0.2) is 20.4 Å². The maximum atomic E-state index is 6.28. The Morgan fingerprint density at radius 2 is 1.66 bits per heavy atom. The number of nitrogens with zero attached hydrogens (tertiary/aromatic N) is 3. The number of nitrogens with one attached hydrogen (secondary N) is 2. The summed E-state index contributed by atoms with van der Waals surface area (Å²) in [5, 5.41) is 8.87. The fourth-order valence-electron chi connectivity index (χ4n) is 2.96. The molecule has 1 heterocycles. The first kappa shape index (κ1) is 19.1. The normalized spacial score (nSPS) is 11.4. The van der Waals surface area contributed by atoms with E-state index < -0.39 is 0 Å². The minimum atomic E-state index is 0.498. The lowest BCUT2D eigenvalue weighted by Gasteiger charge is -2.12. The average molecular weight is 420 g/mol. The van der Waals surface area contributed by atoms with Gasteiger partial charge in [0.05, 0.1) is 16.7 Å². The smallest absolute Gasteiger partial charge is 0.231 e. The second kappa shape index (κ2) is 8.43. The summed E-state index contributed by atoms with van der Waals surface area (Å²) in [6, 6.07) is 25.1. The number of thiocarbonyl (C=S) groups is 1. The van der Waals surface area contributed by atoms with Gasteiger partial charge >= 0.3 is 0 Å². The van der Waals surface area contributed by atoms with Crippen molar-refractivity contribution in [1.82, 2.24) is 9.55 Å². The Kier molecular flexibility index (Phi) is 5.55. The Balaban J connectivity index is 1.69. The quantitative estimate of drug-likeness (QED) is 0.250. The molecule has 0 spiro atoms. The van der Waals surface area contributed by atoms with Crippen LogP contribution in [0.25, 0.3) is 11.0 Å². The lowest BCUT2D eigenvalue weighted by atomic mass is 10.1. The van der Waals surface area contributed by atoms with Gasteiger partial charge in [0.25, 0.3) is 0 Å². The van der Waals surface area contributed by atoms with Gasteiger partial charge in [-0.25, -0.2) is 10.4 Å². The van der Waals surface area contributed by atoms with E-state index in [1.54, 1.807) is 0 Å². The average Bonchev–Trinajstić information content (AvgIpc) is 3.11. The molecule has 0 aliphatic carbocycles. The minimum Gasteiger partial charge on any atom is -0.332 e. The molecule has 7 heteroatoms. The molecule has 0 saturated heterocycles. The highest BCUT2D eigenvalue weighted by Gasteiger charge is 2.14. The van der Waals surface area contributed by atoms with Crippen molar-refractivity contribution in [3.05, 3.63) is 89.4 Å². The van der Waals surface area contributed by atoms with Gasteiger partial charge in [-0.2, -0.15) is 5.10 Å². The summed E-state index contributed by atoms with van der Waals surface area (Å²) >= 11 is 11.9. The summed E-state index contributed by atoms with van der Waals surface area (Å²) in [4.78, 5) is 4.65. The van der Waals surface area contributed by atoms with E-state index in [4.69, 9.17) is 23.8 Å². The Labute approximate surface area is 179 Å². The first-order valence-corrected chi connectivity index (χ1v) is 9.81. The number of hydrogen-bond acceptors (Lipinski definition) is 4. The lowest BCUT2D eigenvalue weighted by molar-refractivity contribution is 1.12. The molecule has 5 nitrogen and oxygen atoms in total. The SMILES string of the molecule is C/C(=N/Nc1nc2ccccc2n1C(=S)Nc1ccccc1)c1ccccc1Cl. The molecule has 0 fully saturated rings. The van der Waals surface area contributed by atoms with Crippen molar-refractivity contribution in [2.45, 2.75) is 6.92 Å². The molecular formula is C22H18ClN5S. The molecule has 0 radical (unpaired) electrons. The van der Waals surface area contributed by atoms with E-state index in [1.807, 2.05) is 90.4 Å². The second-order valence-electron chi connectivity index (χ2n) is 6.34. The summed E-state index contributed by atoms with van der Waals surface area (Å²) in [6.45, 7) is 1.89. The minimum absolute atomic E-state index is 0.498. The maximum absolute atomic E-state index is 6.28. The summed E-state index contributed by atoms with van der Waals surface area (Å²) in [5.74, 6) is 0.519. The monoisotopic (exact) mass is 419 g/mol. The lowest BCUT2D eigenvalue weighted by Crippen LogP contribution is -2.20. The van der Waals surface area contributed by atoms with Crippen LogP contribution >= 0.6 is 23.8 Å². The molecule has 0 bridgehead atoms. The molecule has 3 aromatic carbocycles. The van der Waals surface area contributed by atoms with Crippen LogP contribution in [0.3, 0.4) is 0 Å². The molecular weight excluding hydrogens is 402 g/mol. The predicted molar refractivity (Wildman–Crippen MR) is 125 cm³/mol. The number of halogens is 1. The molecule has 0 unspecified atom stereocenters. The van der Waals surface area contributed by atoms with Crippen molar-refractivity contribution in [3.63, 3.8) is 0 Å². The zero-order valence-electron chi connectivity index (χ0n) is 15.6. The van der Waals surface area contributed by atoms with Crippen molar-refractivity contribution in [2.24, 2.45) is 5.10 Å². The Morgan fingerprint density at radius 3 is 2.45 bits per heavy atom. The van der Waals surface area contributed by atoms with Crippen molar-refractivity contribution >= 4 is 57.3 Å². The zero-order chi connectivity index (χ0) is 20.2. The number of imidazole rings is 1. The van der Waals surface area contributed by atoms with Crippen LogP contribution < -0.4 is 10.7 Å². The van der Waals surface area contributed by atoms with Crippen LogP contribution in [0, 0.1) is 0 Å². The number of hydrogen-bond donors (Lipinski definition) is 2. The molecule has 0 atom stereocenters. The van der Waals surface area contributed by atoms with E-state index in [9.17, 15) is 0 Å². The van der Waals surface area contributed by atoms with Gasteiger partial charge in [0, 0.05) is 16.3 Å². The van der Waals surface area contributed by atoms with Crippen molar-refractivity contribution in [3.8, 4) is 0 Å². The van der Waals surface area contributed by atoms with Crippen LogP contribution in [0.15, 0.2) is 84.0 Å². The first-order valence-electron chi connectivity index (χ1n) is 9.02. The van der Waals surface area contributed by atoms with Crippen molar-refractivity contribution in [2.75, 3.05) is 10.7 Å². The predicted octanol–water partition coefficient (Wildman–Crippen LogP) is 5.77. The molecule has 144 valence electrons. The fraction of sp³-hybridized carbons (Fsp3) is 0.0455. The third-order valence-electron chi connectivity index (χ3n) is 4.38. The van der Waals surface area contributed by atoms with Crippen molar-refractivity contribution in [1.29, 1.82) is 0 Å². The number of anilines is 2. The number of fused-ring (bicyclic) bond motifs is 1. The second-order valence-corrected chi connectivity index (χ2v) is 7.14. The molecule has 2 N–H and O–H groups in total. The third-order valence-corrected chi connectivity index (χ3v) is 4.99. The number of aromatic nitrogens is 2. The third kappa shape index (κ3) is 4.13. The van der Waals surface area contributed by atoms with Crippen LogP contribution in [-0.2, 0) is 0 Å². The summed E-state index contributed by atoms with van der Waals surface area (Å²) in [7, 11) is 0. The van der Waals surface area contributed by atoms with Gasteiger partial charge in [0.1, 0.15) is 0 Å². The van der Waals surface area contributed by atoms with E-state index >= 15 is 0 Å². The standard InChI is InChI=1S/C22H18ClN5S/c1-15(17-11-5-6-12-18(17)23)26-27-21-25-19-13-7-8-14-20(19)28(21)22(29)24-16-9-3-2-4-10-16/h2-14H,1H3,(H,24,29)(H,25,27)/b26-15-. The largest absolute Gasteiger partial charge is 0.332 e. The first-order chi connectivity index (χ1) is 14.1. The highest BCUT2D eigenvalue weighted by atomic mass is 35.5. The number of para-hydroxylation sites is 3. The number of benzene rings is 3. The van der Waals surface area contributed by atoms with Gasteiger partial charge in [-0.05, 0) is 49.5 Å². The maximum Gasteiger partial charge on any atom is 0.231 e. The van der Waals surface area contributed by atoms with E-state index in [-0.39, 0.29) is 0 Å². The Bertz CT molecular complexity index is 1200. The summed E-state index contributed by atoms with van der Waals surface area (Å²) in [5.41, 5.74) is 7.25. The van der Waals surface area contributed by atoms with Gasteiger partial charge in [-0.3, -0.25) is 4.57 Å². The molecule has 0 aliphatic heterocycles. The molecule has 29 heavy (non-hydrogen) atoms. The van der Waals surface area contributed by atoms with Gasteiger partial charge < -0.3 is 5.32 Å². The topological polar surface area (TPSA) is 54.2 Å². The highest BCUT2D eigenvalue weighted by molar-refractivity contribution is 7.80. The molecule has 1 aromatic heterocycles. The molecule has 0 aliphatic rings. The fourth-order valence-corrected chi connectivity index (χ4v) is 3.53. The van der Waals surface area contributed by atoms with Crippen LogP contribution in [0.2, 0.25) is 5.02 Å². The van der Waals surface area contributed by atoms with Crippen molar-refractivity contribution < 1.29 is 0 Å². The summed E-state index contributed by atoms with van der Waals surface area (Å²) < 4.78 is 1.83. The van der Waals surface area contributed by atoms with Crippen LogP contribution in [0.4, 0.5) is 11.6 Å². The van der Waals surface area contributed by atoms with E-state index in [0.29, 0.717) is 16.1 Å². The molecule has 4 aromatic rings. The Hall–Kier alpha value is -3.22. The van der Waals surface area contributed by atoms with Crippen LogP contribution in [0.5, 0.6) is 0 Å². The van der Waals surface area contributed by atoms with E-state index in [1.165, 1.54) is 0 Å². The zero-order valence-corrected chi connectivity index (χ0v) is 17.2. The van der Waals surface area contributed by atoms with Gasteiger partial charge in [-0.15, -0.1) is 0 Å². The van der Waals surface area contributed by atoms with Gasteiger partial charge in [-0.1, -0.05) is 60.1 Å². The number of hydrazone groups is 1. The number of rotatable bonds is 4. The Morgan fingerprint density at radius 1 is 0.966 bits per heavy atom. The molecule has 0 saturated carbocycles. The molecule has 4 rings (SSSR count). The molecule has 0 amide bonds. The summed E-state index contributed by atoms with van der Waals surface area (Å²) in [6.07, 6.45) is 0.